The van der Waals surface area contributed by atoms with Crippen LogP contribution in [-0.2, 0) is 17.8 Å². The number of Topliss-reactive ketones (excluding diaryl/α,β-unsaturated/α-hetero) is 1. The molecule has 42 heavy (non-hydrogen) atoms. The van der Waals surface area contributed by atoms with Gasteiger partial charge in [0.2, 0.25) is 11.7 Å². The molecule has 1 amide bonds. The predicted octanol–water partition coefficient (Wildman–Crippen LogP) is 5.91. The minimum atomic E-state index is -0.442. The molecule has 2 aliphatic rings. The summed E-state index contributed by atoms with van der Waals surface area (Å²) in [6, 6.07) is 26.2. The number of fused-ring (bicyclic) bond motifs is 1. The van der Waals surface area contributed by atoms with Gasteiger partial charge in [0.25, 0.3) is 0 Å². The van der Waals surface area contributed by atoms with Crippen molar-refractivity contribution in [2.75, 3.05) is 33.3 Å². The van der Waals surface area contributed by atoms with Crippen molar-refractivity contribution >= 4 is 22.7 Å². The van der Waals surface area contributed by atoms with Gasteiger partial charge in [0, 0.05) is 19.0 Å². The molecule has 0 saturated carbocycles. The highest BCUT2D eigenvalue weighted by molar-refractivity contribution is 5.97. The Labute approximate surface area is 247 Å². The zero-order valence-electron chi connectivity index (χ0n) is 24.4. The summed E-state index contributed by atoms with van der Waals surface area (Å²) in [4.78, 5) is 39.8. The Hall–Kier alpha value is -3.97. The molecule has 2 fully saturated rings. The minimum Gasteiger partial charge on any atom is -0.497 e. The van der Waals surface area contributed by atoms with Gasteiger partial charge < -0.3 is 19.5 Å². The molecule has 1 aromatic heterocycles. The van der Waals surface area contributed by atoms with E-state index in [0.717, 1.165) is 81.5 Å². The van der Waals surface area contributed by atoms with Crippen molar-refractivity contribution in [2.24, 2.45) is 11.3 Å². The first-order valence-corrected chi connectivity index (χ1v) is 15.2. The highest BCUT2D eigenvalue weighted by Crippen LogP contribution is 2.40. The van der Waals surface area contributed by atoms with Crippen LogP contribution in [0.3, 0.4) is 0 Å². The minimum absolute atomic E-state index is 0.0206. The van der Waals surface area contributed by atoms with Crippen molar-refractivity contribution in [1.29, 1.82) is 0 Å². The van der Waals surface area contributed by atoms with Gasteiger partial charge in [0.05, 0.1) is 23.6 Å². The number of hydrogen-bond acceptors (Lipinski definition) is 5. The largest absolute Gasteiger partial charge is 0.497 e. The second-order valence-corrected chi connectivity index (χ2v) is 12.0. The SMILES string of the molecule is COc1ccc(CC2(CCN3CCC(C(=O)c4nc5ccccc5[nH]4)CC3)CCCN(Cc3ccccc3)C2=O)cc1. The second kappa shape index (κ2) is 12.5. The third kappa shape index (κ3) is 6.12. The lowest BCUT2D eigenvalue weighted by molar-refractivity contribution is -0.148. The van der Waals surface area contributed by atoms with Gasteiger partial charge in [-0.25, -0.2) is 4.98 Å². The normalized spacial score (nSPS) is 20.2. The zero-order chi connectivity index (χ0) is 28.9. The molecular formula is C35H40N4O3. The maximum Gasteiger partial charge on any atom is 0.229 e. The van der Waals surface area contributed by atoms with E-state index >= 15 is 0 Å². The van der Waals surface area contributed by atoms with Crippen LogP contribution in [0.5, 0.6) is 5.75 Å². The third-order valence-corrected chi connectivity index (χ3v) is 9.23. The molecule has 3 heterocycles. The van der Waals surface area contributed by atoms with E-state index in [2.05, 4.69) is 44.0 Å². The molecule has 7 heteroatoms. The Morgan fingerprint density at radius 1 is 0.952 bits per heavy atom. The number of imidazole rings is 1. The standard InChI is InChI=1S/C35H40N4O3/c1-42-29-14-12-26(13-15-29)24-35(18-7-20-39(34(35)41)25-27-8-3-2-4-9-27)19-23-38-21-16-28(17-22-38)32(40)33-36-30-10-5-6-11-31(30)37-33/h2-6,8-15,28H,7,16-25H2,1H3,(H,36,37). The lowest BCUT2D eigenvalue weighted by Crippen LogP contribution is -2.51. The number of H-pyrrole nitrogens is 1. The van der Waals surface area contributed by atoms with Crippen LogP contribution in [0.25, 0.3) is 11.0 Å². The van der Waals surface area contributed by atoms with Crippen molar-refractivity contribution in [3.8, 4) is 5.75 Å². The topological polar surface area (TPSA) is 78.5 Å². The molecule has 1 unspecified atom stereocenters. The number of likely N-dealkylation sites (tertiary alicyclic amines) is 2. The Bertz CT molecular complexity index is 1480. The molecule has 0 radical (unpaired) electrons. The molecule has 3 aromatic carbocycles. The molecule has 0 aliphatic carbocycles. The third-order valence-electron chi connectivity index (χ3n) is 9.23. The van der Waals surface area contributed by atoms with Crippen LogP contribution >= 0.6 is 0 Å². The van der Waals surface area contributed by atoms with E-state index in [1.807, 2.05) is 54.6 Å². The number of para-hydroxylation sites is 2. The number of amides is 1. The van der Waals surface area contributed by atoms with Gasteiger partial charge in [-0.3, -0.25) is 9.59 Å². The fourth-order valence-electron chi connectivity index (χ4n) is 6.78. The first-order chi connectivity index (χ1) is 20.5. The average Bonchev–Trinajstić information content (AvgIpc) is 3.48. The summed E-state index contributed by atoms with van der Waals surface area (Å²) in [5, 5.41) is 0. The smallest absolute Gasteiger partial charge is 0.229 e. The number of aromatic nitrogens is 2. The summed E-state index contributed by atoms with van der Waals surface area (Å²) in [7, 11) is 1.68. The monoisotopic (exact) mass is 564 g/mol. The van der Waals surface area contributed by atoms with Gasteiger partial charge in [0.1, 0.15) is 5.75 Å². The molecule has 6 rings (SSSR count). The number of methoxy groups -OCH3 is 1. The van der Waals surface area contributed by atoms with Gasteiger partial charge >= 0.3 is 0 Å². The summed E-state index contributed by atoms with van der Waals surface area (Å²) >= 11 is 0. The summed E-state index contributed by atoms with van der Waals surface area (Å²) in [6.07, 6.45) is 5.06. The molecule has 0 bridgehead atoms. The van der Waals surface area contributed by atoms with E-state index in [1.165, 1.54) is 11.1 Å². The number of ketones is 1. The Morgan fingerprint density at radius 3 is 2.43 bits per heavy atom. The van der Waals surface area contributed by atoms with E-state index in [-0.39, 0.29) is 17.6 Å². The van der Waals surface area contributed by atoms with Crippen molar-refractivity contribution < 1.29 is 14.3 Å². The summed E-state index contributed by atoms with van der Waals surface area (Å²) in [6.45, 7) is 4.02. The first kappa shape index (κ1) is 28.2. The van der Waals surface area contributed by atoms with Crippen LogP contribution in [0.2, 0.25) is 0 Å². The van der Waals surface area contributed by atoms with Crippen LogP contribution < -0.4 is 4.74 Å². The van der Waals surface area contributed by atoms with Crippen molar-refractivity contribution in [3.05, 3.63) is 95.8 Å². The van der Waals surface area contributed by atoms with Crippen LogP contribution in [-0.4, -0.2) is 64.7 Å². The molecule has 1 atom stereocenters. The number of carbonyl (C=O) groups excluding carboxylic acids is 2. The van der Waals surface area contributed by atoms with E-state index in [4.69, 9.17) is 4.74 Å². The molecule has 2 aliphatic heterocycles. The van der Waals surface area contributed by atoms with E-state index in [9.17, 15) is 9.59 Å². The van der Waals surface area contributed by atoms with Crippen LogP contribution in [0.4, 0.5) is 0 Å². The predicted molar refractivity (Wildman–Crippen MR) is 164 cm³/mol. The van der Waals surface area contributed by atoms with Crippen molar-refractivity contribution in [2.45, 2.75) is 45.1 Å². The van der Waals surface area contributed by atoms with E-state index < -0.39 is 5.41 Å². The molecule has 7 nitrogen and oxygen atoms in total. The first-order valence-electron chi connectivity index (χ1n) is 15.2. The van der Waals surface area contributed by atoms with E-state index in [1.54, 1.807) is 7.11 Å². The second-order valence-electron chi connectivity index (χ2n) is 12.0. The Morgan fingerprint density at radius 2 is 1.69 bits per heavy atom. The highest BCUT2D eigenvalue weighted by atomic mass is 16.5. The lowest BCUT2D eigenvalue weighted by atomic mass is 9.71. The maximum absolute atomic E-state index is 14.3. The van der Waals surface area contributed by atoms with Crippen LogP contribution in [0, 0.1) is 11.3 Å². The number of hydrogen-bond donors (Lipinski definition) is 1. The van der Waals surface area contributed by atoms with Gasteiger partial charge in [-0.05, 0) is 93.6 Å². The van der Waals surface area contributed by atoms with Crippen molar-refractivity contribution in [3.63, 3.8) is 0 Å². The Kier molecular flexibility index (Phi) is 8.38. The fourth-order valence-corrected chi connectivity index (χ4v) is 6.78. The number of ether oxygens (including phenoxy) is 1. The Balaban J connectivity index is 1.13. The summed E-state index contributed by atoms with van der Waals surface area (Å²) < 4.78 is 5.37. The average molecular weight is 565 g/mol. The van der Waals surface area contributed by atoms with E-state index in [0.29, 0.717) is 12.4 Å². The zero-order valence-corrected chi connectivity index (χ0v) is 24.4. The molecule has 2 saturated heterocycles. The van der Waals surface area contributed by atoms with Gasteiger partial charge in [-0.2, -0.15) is 0 Å². The maximum atomic E-state index is 14.3. The number of nitrogens with zero attached hydrogens (tertiary/aromatic N) is 3. The molecule has 1 N–H and O–H groups in total. The van der Waals surface area contributed by atoms with Gasteiger partial charge in [0.15, 0.2) is 5.82 Å². The number of carbonyl (C=O) groups is 2. The van der Waals surface area contributed by atoms with Crippen LogP contribution in [0.15, 0.2) is 78.9 Å². The number of aromatic amines is 1. The van der Waals surface area contributed by atoms with Gasteiger partial charge in [-0.15, -0.1) is 0 Å². The number of piperidine rings is 2. The van der Waals surface area contributed by atoms with Crippen molar-refractivity contribution in [1.82, 2.24) is 19.8 Å². The number of rotatable bonds is 10. The quantitative estimate of drug-likeness (QED) is 0.242. The molecule has 4 aromatic rings. The number of nitrogens with one attached hydrogen (secondary N) is 1. The highest BCUT2D eigenvalue weighted by Gasteiger charge is 2.44. The summed E-state index contributed by atoms with van der Waals surface area (Å²) in [5.74, 6) is 1.66. The molecule has 218 valence electrons. The fraction of sp³-hybridized carbons (Fsp3) is 0.400. The number of benzene rings is 3. The van der Waals surface area contributed by atoms with Gasteiger partial charge in [-0.1, -0.05) is 54.6 Å². The lowest BCUT2D eigenvalue weighted by Gasteiger charge is -2.43. The van der Waals surface area contributed by atoms with Crippen LogP contribution in [0.1, 0.15) is 53.8 Å². The molecular weight excluding hydrogens is 524 g/mol. The summed E-state index contributed by atoms with van der Waals surface area (Å²) in [5.41, 5.74) is 3.63. The molecule has 0 spiro atoms.